The van der Waals surface area contributed by atoms with Gasteiger partial charge >= 0.3 is 0 Å². The number of amides is 7. The summed E-state index contributed by atoms with van der Waals surface area (Å²) in [6.07, 6.45) is 1.38. The minimum atomic E-state index is -1.22. The molecule has 1 aliphatic rings. The van der Waals surface area contributed by atoms with Crippen LogP contribution in [0.5, 0.6) is 11.5 Å². The van der Waals surface area contributed by atoms with E-state index in [1.807, 2.05) is 13.8 Å². The van der Waals surface area contributed by atoms with Gasteiger partial charge in [0, 0.05) is 13.0 Å². The van der Waals surface area contributed by atoms with E-state index in [0.29, 0.717) is 30.5 Å². The number of carbonyl (C=O) groups excluding carboxylic acids is 7. The summed E-state index contributed by atoms with van der Waals surface area (Å²) < 4.78 is 0. The molecule has 17 heteroatoms. The molecule has 2 aromatic carbocycles. The van der Waals surface area contributed by atoms with Crippen LogP contribution in [0.15, 0.2) is 48.5 Å². The first-order valence-electron chi connectivity index (χ1n) is 18.8. The Hall–Kier alpha value is -5.71. The van der Waals surface area contributed by atoms with Gasteiger partial charge < -0.3 is 53.2 Å². The third-order valence-corrected chi connectivity index (χ3v) is 9.36. The van der Waals surface area contributed by atoms with Crippen LogP contribution in [0.3, 0.4) is 0 Å². The molecule has 17 nitrogen and oxygen atoms in total. The highest BCUT2D eigenvalue weighted by molar-refractivity contribution is 5.96. The van der Waals surface area contributed by atoms with Crippen molar-refractivity contribution in [2.75, 3.05) is 13.1 Å². The van der Waals surface area contributed by atoms with Gasteiger partial charge in [0.1, 0.15) is 41.7 Å². The fraction of sp³-hybridized carbons (Fsp3) is 0.513. The molecule has 7 amide bonds. The number of primary amides is 1. The van der Waals surface area contributed by atoms with E-state index in [1.54, 1.807) is 38.1 Å². The average Bonchev–Trinajstić information content (AvgIpc) is 3.64. The maximum Gasteiger partial charge on any atom is 0.245 e. The second kappa shape index (κ2) is 20.8. The van der Waals surface area contributed by atoms with Crippen LogP contribution in [-0.4, -0.2) is 106 Å². The Labute approximate surface area is 326 Å². The van der Waals surface area contributed by atoms with E-state index in [9.17, 15) is 43.8 Å². The van der Waals surface area contributed by atoms with E-state index in [-0.39, 0.29) is 36.7 Å². The maximum absolute atomic E-state index is 13.8. The van der Waals surface area contributed by atoms with Crippen LogP contribution in [0.4, 0.5) is 0 Å². The number of hydrogen-bond donors (Lipinski definition) is 9. The number of phenols is 2. The molecule has 0 aliphatic carbocycles. The van der Waals surface area contributed by atoms with E-state index in [0.717, 1.165) is 0 Å². The molecule has 0 radical (unpaired) electrons. The molecule has 6 atom stereocenters. The van der Waals surface area contributed by atoms with Gasteiger partial charge in [-0.15, -0.1) is 0 Å². The molecule has 0 bridgehead atoms. The van der Waals surface area contributed by atoms with Crippen LogP contribution in [0.1, 0.15) is 65.0 Å². The summed E-state index contributed by atoms with van der Waals surface area (Å²) >= 11 is 0. The summed E-state index contributed by atoms with van der Waals surface area (Å²) in [7, 11) is 0. The smallest absolute Gasteiger partial charge is 0.245 e. The third-order valence-electron chi connectivity index (χ3n) is 9.36. The van der Waals surface area contributed by atoms with Gasteiger partial charge in [-0.25, -0.2) is 0 Å². The van der Waals surface area contributed by atoms with Crippen LogP contribution in [0.2, 0.25) is 0 Å². The highest BCUT2D eigenvalue weighted by atomic mass is 16.3. The molecule has 11 N–H and O–H groups in total. The molecule has 306 valence electrons. The Bertz CT molecular complexity index is 1700. The molecule has 1 heterocycles. The van der Waals surface area contributed by atoms with Crippen molar-refractivity contribution in [2.24, 2.45) is 23.3 Å². The summed E-state index contributed by atoms with van der Waals surface area (Å²) in [5, 5.41) is 32.2. The molecule has 0 spiro atoms. The molecule has 2 aromatic rings. The number of carbonyl (C=O) groups is 7. The van der Waals surface area contributed by atoms with Gasteiger partial charge in [0.2, 0.25) is 41.4 Å². The molecule has 1 aliphatic heterocycles. The highest BCUT2D eigenvalue weighted by Crippen LogP contribution is 2.20. The molecule has 0 saturated carbocycles. The highest BCUT2D eigenvalue weighted by Gasteiger charge is 2.38. The Morgan fingerprint density at radius 2 is 1.30 bits per heavy atom. The predicted octanol–water partition coefficient (Wildman–Crippen LogP) is -0.536. The Balaban J connectivity index is 1.65. The van der Waals surface area contributed by atoms with Gasteiger partial charge in [-0.1, -0.05) is 52.0 Å². The molecule has 3 rings (SSSR count). The molecule has 1 saturated heterocycles. The van der Waals surface area contributed by atoms with Gasteiger partial charge in [-0.05, 0) is 79.8 Å². The lowest BCUT2D eigenvalue weighted by Crippen LogP contribution is -2.58. The van der Waals surface area contributed by atoms with E-state index in [4.69, 9.17) is 11.5 Å². The zero-order chi connectivity index (χ0) is 41.7. The van der Waals surface area contributed by atoms with Crippen molar-refractivity contribution in [2.45, 2.75) is 103 Å². The standard InChI is InChI=1S/C39H56N8O9/c1-21(2)17-30(39(56)47-16-6-7-31(47)34(41)51)45-37(54)29(19-25-10-14-27(49)15-11-25)44-32(50)20-42-38(55)33(22(3)4)46-35(52)23(5)43-36(53)28(40)18-24-8-12-26(48)13-9-24/h8-15,21-23,28-31,33,48-49H,6-7,16-20,40H2,1-5H3,(H2,41,51)(H,42,55)(H,43,53)(H,44,50)(H,45,54)(H,46,52)/t23-,28-,29-,30-,31-,33+/m0/s1. The Kier molecular flexibility index (Phi) is 16.6. The van der Waals surface area contributed by atoms with E-state index in [2.05, 4.69) is 26.6 Å². The fourth-order valence-electron chi connectivity index (χ4n) is 6.27. The average molecular weight is 781 g/mol. The topological polar surface area (TPSA) is 275 Å². The lowest BCUT2D eigenvalue weighted by Gasteiger charge is -2.30. The van der Waals surface area contributed by atoms with Crippen molar-refractivity contribution >= 4 is 41.4 Å². The van der Waals surface area contributed by atoms with Crippen LogP contribution >= 0.6 is 0 Å². The van der Waals surface area contributed by atoms with Crippen molar-refractivity contribution in [3.05, 3.63) is 59.7 Å². The number of phenolic OH excluding ortho intramolecular Hbond substituents is 2. The Morgan fingerprint density at radius 3 is 1.84 bits per heavy atom. The number of benzene rings is 2. The zero-order valence-corrected chi connectivity index (χ0v) is 32.5. The largest absolute Gasteiger partial charge is 0.508 e. The minimum Gasteiger partial charge on any atom is -0.508 e. The summed E-state index contributed by atoms with van der Waals surface area (Å²) in [6.45, 7) is 8.29. The lowest BCUT2D eigenvalue weighted by atomic mass is 10.00. The number of likely N-dealkylation sites (tertiary alicyclic amines) is 1. The number of nitrogens with one attached hydrogen (secondary N) is 5. The first-order valence-corrected chi connectivity index (χ1v) is 18.8. The van der Waals surface area contributed by atoms with Crippen molar-refractivity contribution in [3.63, 3.8) is 0 Å². The number of aromatic hydroxyl groups is 2. The zero-order valence-electron chi connectivity index (χ0n) is 32.5. The molecule has 56 heavy (non-hydrogen) atoms. The second-order valence-corrected chi connectivity index (χ2v) is 14.9. The van der Waals surface area contributed by atoms with Crippen molar-refractivity contribution in [1.82, 2.24) is 31.5 Å². The summed E-state index contributed by atoms with van der Waals surface area (Å²) in [4.78, 5) is 93.1. The van der Waals surface area contributed by atoms with Gasteiger partial charge in [0.25, 0.3) is 0 Å². The predicted molar refractivity (Wildman–Crippen MR) is 206 cm³/mol. The molecular formula is C39H56N8O9. The normalized spacial score (nSPS) is 16.6. The number of rotatable bonds is 19. The first kappa shape index (κ1) is 44.7. The summed E-state index contributed by atoms with van der Waals surface area (Å²) in [5.41, 5.74) is 12.9. The number of nitrogens with two attached hydrogens (primary N) is 2. The van der Waals surface area contributed by atoms with Crippen LogP contribution < -0.4 is 38.1 Å². The monoisotopic (exact) mass is 780 g/mol. The second-order valence-electron chi connectivity index (χ2n) is 14.9. The molecule has 1 fully saturated rings. The molecular weight excluding hydrogens is 724 g/mol. The van der Waals surface area contributed by atoms with Gasteiger partial charge in [-0.3, -0.25) is 33.6 Å². The Morgan fingerprint density at radius 1 is 0.732 bits per heavy atom. The van der Waals surface area contributed by atoms with E-state index >= 15 is 0 Å². The van der Waals surface area contributed by atoms with Crippen molar-refractivity contribution in [1.29, 1.82) is 0 Å². The SMILES string of the molecule is CC(C)C[C@H](NC(=O)[C@H](Cc1ccc(O)cc1)NC(=O)CNC(=O)[C@H](NC(=O)[C@H](C)NC(=O)[C@@H](N)Cc1ccc(O)cc1)C(C)C)C(=O)N1CCC[C@H]1C(N)=O. The number of hydrogen-bond acceptors (Lipinski definition) is 10. The first-order chi connectivity index (χ1) is 26.4. The summed E-state index contributed by atoms with van der Waals surface area (Å²) in [6, 6.07) is 6.01. The van der Waals surface area contributed by atoms with E-state index < -0.39 is 90.1 Å². The quantitative estimate of drug-likeness (QED) is 0.0879. The van der Waals surface area contributed by atoms with Crippen molar-refractivity contribution in [3.8, 4) is 11.5 Å². The van der Waals surface area contributed by atoms with Crippen LogP contribution in [0.25, 0.3) is 0 Å². The fourth-order valence-corrected chi connectivity index (χ4v) is 6.27. The van der Waals surface area contributed by atoms with Crippen LogP contribution in [0, 0.1) is 11.8 Å². The van der Waals surface area contributed by atoms with E-state index in [1.165, 1.54) is 36.1 Å². The minimum absolute atomic E-state index is 0.00327. The maximum atomic E-state index is 13.8. The summed E-state index contributed by atoms with van der Waals surface area (Å²) in [5.74, 6) is -4.86. The number of nitrogens with zero attached hydrogens (tertiary/aromatic N) is 1. The van der Waals surface area contributed by atoms with Crippen LogP contribution in [-0.2, 0) is 46.4 Å². The van der Waals surface area contributed by atoms with Gasteiger partial charge in [0.15, 0.2) is 0 Å². The van der Waals surface area contributed by atoms with Gasteiger partial charge in [0.05, 0.1) is 12.6 Å². The molecule has 0 unspecified atom stereocenters. The third kappa shape index (κ3) is 13.5. The molecule has 0 aromatic heterocycles. The van der Waals surface area contributed by atoms with Gasteiger partial charge in [-0.2, -0.15) is 0 Å². The van der Waals surface area contributed by atoms with Crippen molar-refractivity contribution < 1.29 is 43.8 Å². The lowest BCUT2D eigenvalue weighted by molar-refractivity contribution is -0.141.